The molecule has 2 rings (SSSR count). The number of pyridine rings is 1. The highest BCUT2D eigenvalue weighted by molar-refractivity contribution is 6.31. The van der Waals surface area contributed by atoms with Crippen LogP contribution < -0.4 is 5.32 Å². The third kappa shape index (κ3) is 2.20. The molecule has 1 aromatic heterocycles. The molecule has 0 atom stereocenters. The Balaban J connectivity index is 2.17. The zero-order valence-electron chi connectivity index (χ0n) is 8.44. The SMILES string of the molecule is O=C1CNCC(=O)N1Cc1ccncc1Cl. The largest absolute Gasteiger partial charge is 0.300 e. The number of carbonyl (C=O) groups excluding carboxylic acids is 2. The standard InChI is InChI=1S/C10H10ClN3O2/c11-8-3-12-2-1-7(8)6-14-9(15)4-13-5-10(14)16/h1-3,13H,4-6H2. The lowest BCUT2D eigenvalue weighted by atomic mass is 10.2. The molecule has 1 aromatic rings. The van der Waals surface area contributed by atoms with Crippen molar-refractivity contribution in [3.05, 3.63) is 29.0 Å². The summed E-state index contributed by atoms with van der Waals surface area (Å²) in [5, 5.41) is 3.19. The fourth-order valence-electron chi connectivity index (χ4n) is 1.49. The molecule has 0 aromatic carbocycles. The average molecular weight is 240 g/mol. The maximum atomic E-state index is 11.5. The number of rotatable bonds is 2. The molecule has 5 nitrogen and oxygen atoms in total. The summed E-state index contributed by atoms with van der Waals surface area (Å²) in [7, 11) is 0. The van der Waals surface area contributed by atoms with Crippen LogP contribution in [0.3, 0.4) is 0 Å². The highest BCUT2D eigenvalue weighted by atomic mass is 35.5. The van der Waals surface area contributed by atoms with E-state index in [1.165, 1.54) is 11.1 Å². The second kappa shape index (κ2) is 4.59. The lowest BCUT2D eigenvalue weighted by molar-refractivity contribution is -0.147. The molecule has 0 saturated carbocycles. The van der Waals surface area contributed by atoms with Crippen LogP contribution in [0.2, 0.25) is 5.02 Å². The van der Waals surface area contributed by atoms with E-state index in [4.69, 9.17) is 11.6 Å². The molecular formula is C10H10ClN3O2. The van der Waals surface area contributed by atoms with Gasteiger partial charge in [0.25, 0.3) is 0 Å². The summed E-state index contributed by atoms with van der Waals surface area (Å²) in [6, 6.07) is 1.70. The number of hydrogen-bond acceptors (Lipinski definition) is 4. The van der Waals surface area contributed by atoms with Crippen LogP contribution in [0, 0.1) is 0 Å². The van der Waals surface area contributed by atoms with Gasteiger partial charge in [0.1, 0.15) is 0 Å². The second-order valence-corrected chi connectivity index (χ2v) is 3.85. The Morgan fingerprint density at radius 1 is 1.38 bits per heavy atom. The van der Waals surface area contributed by atoms with Crippen LogP contribution >= 0.6 is 11.6 Å². The van der Waals surface area contributed by atoms with Crippen LogP contribution in [0.1, 0.15) is 5.56 Å². The highest BCUT2D eigenvalue weighted by Crippen LogP contribution is 2.16. The van der Waals surface area contributed by atoms with Crippen LogP contribution in [0.25, 0.3) is 0 Å². The van der Waals surface area contributed by atoms with Crippen molar-refractivity contribution in [3.8, 4) is 0 Å². The van der Waals surface area contributed by atoms with Crippen LogP contribution in [0.15, 0.2) is 18.5 Å². The molecule has 16 heavy (non-hydrogen) atoms. The van der Waals surface area contributed by atoms with Gasteiger partial charge in [0.15, 0.2) is 0 Å². The summed E-state index contributed by atoms with van der Waals surface area (Å²) in [4.78, 5) is 28.1. The maximum Gasteiger partial charge on any atom is 0.243 e. The number of aromatic nitrogens is 1. The third-order valence-corrected chi connectivity index (χ3v) is 2.68. The highest BCUT2D eigenvalue weighted by Gasteiger charge is 2.25. The fraction of sp³-hybridized carbons (Fsp3) is 0.300. The maximum absolute atomic E-state index is 11.5. The molecule has 0 unspecified atom stereocenters. The number of amides is 2. The zero-order valence-corrected chi connectivity index (χ0v) is 9.20. The quantitative estimate of drug-likeness (QED) is 0.749. The first kappa shape index (κ1) is 11.0. The number of nitrogens with zero attached hydrogens (tertiary/aromatic N) is 2. The summed E-state index contributed by atoms with van der Waals surface area (Å²) in [6.45, 7) is 0.587. The molecule has 1 fully saturated rings. The first-order valence-corrected chi connectivity index (χ1v) is 5.18. The van der Waals surface area contributed by atoms with E-state index >= 15 is 0 Å². The number of imide groups is 1. The van der Waals surface area contributed by atoms with E-state index < -0.39 is 0 Å². The zero-order chi connectivity index (χ0) is 11.5. The minimum Gasteiger partial charge on any atom is -0.300 e. The van der Waals surface area contributed by atoms with Gasteiger partial charge in [-0.15, -0.1) is 0 Å². The van der Waals surface area contributed by atoms with Crippen molar-refractivity contribution in [2.45, 2.75) is 6.54 Å². The van der Waals surface area contributed by atoms with Crippen LogP contribution in [-0.4, -0.2) is 34.8 Å². The van der Waals surface area contributed by atoms with Crippen LogP contribution in [0.4, 0.5) is 0 Å². The monoisotopic (exact) mass is 239 g/mol. The van der Waals surface area contributed by atoms with E-state index in [0.29, 0.717) is 5.02 Å². The van der Waals surface area contributed by atoms with E-state index in [1.54, 1.807) is 12.3 Å². The van der Waals surface area contributed by atoms with Gasteiger partial charge in [0.05, 0.1) is 24.7 Å². The summed E-state index contributed by atoms with van der Waals surface area (Å²) >= 11 is 5.91. The molecule has 2 heterocycles. The van der Waals surface area contributed by atoms with Crippen LogP contribution in [-0.2, 0) is 16.1 Å². The van der Waals surface area contributed by atoms with Gasteiger partial charge < -0.3 is 0 Å². The summed E-state index contributed by atoms with van der Waals surface area (Å²) in [6.07, 6.45) is 3.08. The average Bonchev–Trinajstić information content (AvgIpc) is 2.26. The Morgan fingerprint density at radius 3 is 2.69 bits per heavy atom. The molecule has 0 aliphatic carbocycles. The minimum absolute atomic E-state index is 0.189. The number of carbonyl (C=O) groups is 2. The summed E-state index contributed by atoms with van der Waals surface area (Å²) in [5.41, 5.74) is 0.722. The van der Waals surface area contributed by atoms with Crippen molar-refractivity contribution >= 4 is 23.4 Å². The lowest BCUT2D eigenvalue weighted by Gasteiger charge is -2.25. The predicted molar refractivity (Wildman–Crippen MR) is 57.7 cm³/mol. The van der Waals surface area contributed by atoms with Crippen molar-refractivity contribution in [1.29, 1.82) is 0 Å². The van der Waals surface area contributed by atoms with Crippen molar-refractivity contribution in [3.63, 3.8) is 0 Å². The van der Waals surface area contributed by atoms with E-state index in [-0.39, 0.29) is 31.4 Å². The van der Waals surface area contributed by atoms with Crippen molar-refractivity contribution in [2.24, 2.45) is 0 Å². The molecule has 1 saturated heterocycles. The molecular weight excluding hydrogens is 230 g/mol. The molecule has 84 valence electrons. The molecule has 1 aliphatic heterocycles. The number of nitrogens with one attached hydrogen (secondary N) is 1. The van der Waals surface area contributed by atoms with Gasteiger partial charge in [-0.3, -0.25) is 24.8 Å². The Kier molecular flexibility index (Phi) is 3.17. The molecule has 1 N–H and O–H groups in total. The molecule has 1 aliphatic rings. The number of piperazine rings is 1. The van der Waals surface area contributed by atoms with E-state index in [1.807, 2.05) is 0 Å². The van der Waals surface area contributed by atoms with E-state index in [0.717, 1.165) is 5.56 Å². The van der Waals surface area contributed by atoms with Crippen LogP contribution in [0.5, 0.6) is 0 Å². The summed E-state index contributed by atoms with van der Waals surface area (Å²) in [5.74, 6) is -0.465. The van der Waals surface area contributed by atoms with Crippen molar-refractivity contribution in [1.82, 2.24) is 15.2 Å². The Hall–Kier alpha value is -1.46. The van der Waals surface area contributed by atoms with E-state index in [9.17, 15) is 9.59 Å². The second-order valence-electron chi connectivity index (χ2n) is 3.44. The Bertz CT molecular complexity index is 420. The van der Waals surface area contributed by atoms with Gasteiger partial charge in [0, 0.05) is 12.4 Å². The Labute approximate surface area is 97.4 Å². The minimum atomic E-state index is -0.232. The normalized spacial score (nSPS) is 16.7. The van der Waals surface area contributed by atoms with Gasteiger partial charge in [-0.05, 0) is 11.6 Å². The smallest absolute Gasteiger partial charge is 0.243 e. The van der Waals surface area contributed by atoms with Gasteiger partial charge in [0.2, 0.25) is 11.8 Å². The molecule has 0 bridgehead atoms. The molecule has 6 heteroatoms. The Morgan fingerprint density at radius 2 is 2.06 bits per heavy atom. The van der Waals surface area contributed by atoms with E-state index in [2.05, 4.69) is 10.3 Å². The number of hydrogen-bond donors (Lipinski definition) is 1. The van der Waals surface area contributed by atoms with Crippen molar-refractivity contribution < 1.29 is 9.59 Å². The molecule has 0 spiro atoms. The molecule has 2 amide bonds. The van der Waals surface area contributed by atoms with Crippen molar-refractivity contribution in [2.75, 3.05) is 13.1 Å². The van der Waals surface area contributed by atoms with Gasteiger partial charge in [-0.2, -0.15) is 0 Å². The third-order valence-electron chi connectivity index (χ3n) is 2.34. The number of halogens is 1. The first-order valence-electron chi connectivity index (χ1n) is 4.81. The fourth-order valence-corrected chi connectivity index (χ4v) is 1.66. The lowest BCUT2D eigenvalue weighted by Crippen LogP contribution is -2.51. The first-order chi connectivity index (χ1) is 7.68. The van der Waals surface area contributed by atoms with Gasteiger partial charge in [-0.25, -0.2) is 0 Å². The predicted octanol–water partition coefficient (Wildman–Crippen LogP) is 0.193. The topological polar surface area (TPSA) is 62.3 Å². The van der Waals surface area contributed by atoms with Gasteiger partial charge >= 0.3 is 0 Å². The molecule has 0 radical (unpaired) electrons. The van der Waals surface area contributed by atoms with Gasteiger partial charge in [-0.1, -0.05) is 11.6 Å². The summed E-state index contributed by atoms with van der Waals surface area (Å²) < 4.78 is 0.